The largest absolute Gasteiger partial charge is 0.493 e. The van der Waals surface area contributed by atoms with Crippen molar-refractivity contribution < 1.29 is 28.5 Å². The summed E-state index contributed by atoms with van der Waals surface area (Å²) in [7, 11) is 4.54. The number of benzene rings is 2. The molecule has 1 aromatic heterocycles. The SMILES string of the molecule is CCOC(=O)C1=C(C)N=c2s/c(=C/c3cc(Cl)c(OC)c(OC)c3)c(=O)n2[C@@H]1c1cc(OC)c(OCC)cc1Br. The number of thiazole rings is 1. The zero-order valence-corrected chi connectivity index (χ0v) is 26.0. The maximum Gasteiger partial charge on any atom is 0.338 e. The van der Waals surface area contributed by atoms with E-state index < -0.39 is 12.0 Å². The zero-order valence-electron chi connectivity index (χ0n) is 22.8. The van der Waals surface area contributed by atoms with E-state index in [9.17, 15) is 9.59 Å². The number of allylic oxidation sites excluding steroid dienone is 1. The Morgan fingerprint density at radius 3 is 2.42 bits per heavy atom. The lowest BCUT2D eigenvalue weighted by Crippen LogP contribution is -2.40. The van der Waals surface area contributed by atoms with Crippen LogP contribution in [-0.4, -0.2) is 45.1 Å². The fourth-order valence-corrected chi connectivity index (χ4v) is 6.33. The van der Waals surface area contributed by atoms with E-state index in [4.69, 9.17) is 35.3 Å². The predicted molar refractivity (Wildman–Crippen MR) is 157 cm³/mol. The number of ether oxygens (including phenoxy) is 5. The smallest absolute Gasteiger partial charge is 0.338 e. The maximum absolute atomic E-state index is 14.0. The molecule has 1 aliphatic heterocycles. The molecule has 0 amide bonds. The van der Waals surface area contributed by atoms with Gasteiger partial charge in [-0.1, -0.05) is 38.9 Å². The molecule has 0 bridgehead atoms. The van der Waals surface area contributed by atoms with Crippen molar-refractivity contribution in [1.82, 2.24) is 4.57 Å². The summed E-state index contributed by atoms with van der Waals surface area (Å²) in [5.74, 6) is 1.25. The number of rotatable bonds is 9. The summed E-state index contributed by atoms with van der Waals surface area (Å²) in [5.41, 5.74) is 1.61. The molecule has 0 saturated heterocycles. The lowest BCUT2D eigenvalue weighted by atomic mass is 9.95. The molecule has 0 spiro atoms. The first kappa shape index (κ1) is 29.7. The molecule has 0 N–H and O–H groups in total. The topological polar surface area (TPSA) is 97.6 Å². The van der Waals surface area contributed by atoms with Crippen molar-refractivity contribution in [1.29, 1.82) is 0 Å². The summed E-state index contributed by atoms with van der Waals surface area (Å²) in [5, 5.41) is 0.338. The van der Waals surface area contributed by atoms with E-state index in [2.05, 4.69) is 20.9 Å². The third-order valence-corrected chi connectivity index (χ3v) is 8.10. The second-order valence-electron chi connectivity index (χ2n) is 8.50. The maximum atomic E-state index is 14.0. The minimum atomic E-state index is -0.842. The molecule has 0 saturated carbocycles. The minimum absolute atomic E-state index is 0.167. The molecule has 12 heteroatoms. The van der Waals surface area contributed by atoms with E-state index in [0.29, 0.717) is 65.3 Å². The molecule has 2 aromatic carbocycles. The van der Waals surface area contributed by atoms with Gasteiger partial charge in [0, 0.05) is 4.47 Å². The Morgan fingerprint density at radius 1 is 1.07 bits per heavy atom. The predicted octanol–water partition coefficient (Wildman–Crippen LogP) is 4.64. The van der Waals surface area contributed by atoms with Gasteiger partial charge in [-0.2, -0.15) is 0 Å². The third-order valence-electron chi connectivity index (χ3n) is 6.15. The molecule has 0 unspecified atom stereocenters. The van der Waals surface area contributed by atoms with E-state index in [1.807, 2.05) is 6.92 Å². The molecule has 212 valence electrons. The Morgan fingerprint density at radius 2 is 1.80 bits per heavy atom. The van der Waals surface area contributed by atoms with E-state index in [-0.39, 0.29) is 17.7 Å². The van der Waals surface area contributed by atoms with Gasteiger partial charge in [0.25, 0.3) is 5.56 Å². The average molecular weight is 652 g/mol. The van der Waals surface area contributed by atoms with Gasteiger partial charge < -0.3 is 23.7 Å². The molecule has 3 aromatic rings. The first-order valence-corrected chi connectivity index (χ1v) is 14.3. The van der Waals surface area contributed by atoms with E-state index >= 15 is 0 Å². The van der Waals surface area contributed by atoms with Crippen molar-refractivity contribution >= 4 is 50.9 Å². The number of esters is 1. The van der Waals surface area contributed by atoms with Crippen LogP contribution in [0.15, 0.2) is 49.8 Å². The summed E-state index contributed by atoms with van der Waals surface area (Å²) in [4.78, 5) is 32.3. The summed E-state index contributed by atoms with van der Waals surface area (Å²) < 4.78 is 29.9. The number of carbonyl (C=O) groups excluding carboxylic acids is 1. The van der Waals surface area contributed by atoms with Gasteiger partial charge in [0.1, 0.15) is 0 Å². The van der Waals surface area contributed by atoms with Gasteiger partial charge in [0.05, 0.1) is 61.4 Å². The van der Waals surface area contributed by atoms with E-state index in [1.165, 1.54) is 37.2 Å². The van der Waals surface area contributed by atoms with Crippen LogP contribution >= 0.6 is 38.9 Å². The Hall–Kier alpha value is -3.28. The highest BCUT2D eigenvalue weighted by molar-refractivity contribution is 9.10. The molecule has 0 fully saturated rings. The highest BCUT2D eigenvalue weighted by Gasteiger charge is 2.35. The summed E-state index contributed by atoms with van der Waals surface area (Å²) >= 11 is 11.2. The van der Waals surface area contributed by atoms with Crippen LogP contribution in [-0.2, 0) is 9.53 Å². The number of nitrogens with zero attached hydrogens (tertiary/aromatic N) is 2. The fourth-order valence-electron chi connectivity index (χ4n) is 4.45. The third kappa shape index (κ3) is 5.50. The quantitative estimate of drug-likeness (QED) is 0.311. The lowest BCUT2D eigenvalue weighted by Gasteiger charge is -2.26. The van der Waals surface area contributed by atoms with Crippen molar-refractivity contribution in [3.63, 3.8) is 0 Å². The first-order chi connectivity index (χ1) is 19.2. The van der Waals surface area contributed by atoms with Crippen molar-refractivity contribution in [3.8, 4) is 23.0 Å². The van der Waals surface area contributed by atoms with Crippen LogP contribution in [0.5, 0.6) is 23.0 Å². The summed E-state index contributed by atoms with van der Waals surface area (Å²) in [6, 6.07) is 6.08. The standard InChI is InChI=1S/C28H28BrClN2O7S/c1-7-38-20-13-17(29)16(12-19(20)35-4)24-23(27(34)39-8-2)14(3)31-28-32(24)26(33)22(40-28)11-15-9-18(30)25(37-6)21(10-15)36-5/h9-13,24H,7-8H2,1-6H3/b22-11+/t24-/m1/s1. The molecule has 0 aliphatic carbocycles. The number of halogens is 2. The van der Waals surface area contributed by atoms with Crippen LogP contribution in [0.25, 0.3) is 6.08 Å². The van der Waals surface area contributed by atoms with Gasteiger partial charge in [-0.25, -0.2) is 9.79 Å². The Kier molecular flexibility index (Phi) is 9.27. The van der Waals surface area contributed by atoms with Gasteiger partial charge in [-0.15, -0.1) is 0 Å². The van der Waals surface area contributed by atoms with Crippen LogP contribution < -0.4 is 33.8 Å². The monoisotopic (exact) mass is 650 g/mol. The van der Waals surface area contributed by atoms with Crippen molar-refractivity contribution in [3.05, 3.63) is 75.8 Å². The first-order valence-electron chi connectivity index (χ1n) is 12.3. The van der Waals surface area contributed by atoms with Gasteiger partial charge in [-0.05, 0) is 62.2 Å². The van der Waals surface area contributed by atoms with Crippen LogP contribution in [0.4, 0.5) is 0 Å². The molecule has 4 rings (SSSR count). The number of methoxy groups -OCH3 is 3. The molecule has 40 heavy (non-hydrogen) atoms. The van der Waals surface area contributed by atoms with Crippen LogP contribution in [0.2, 0.25) is 5.02 Å². The van der Waals surface area contributed by atoms with Crippen molar-refractivity contribution in [2.45, 2.75) is 26.8 Å². The molecular formula is C28H28BrClN2O7S. The second-order valence-corrected chi connectivity index (χ2v) is 10.8. The fraction of sp³-hybridized carbons (Fsp3) is 0.321. The Balaban J connectivity index is 1.99. The van der Waals surface area contributed by atoms with E-state index in [0.717, 1.165) is 0 Å². The summed E-state index contributed by atoms with van der Waals surface area (Å²) in [6.07, 6.45) is 1.70. The van der Waals surface area contributed by atoms with Crippen LogP contribution in [0.3, 0.4) is 0 Å². The number of hydrogen-bond donors (Lipinski definition) is 0. The lowest BCUT2D eigenvalue weighted by molar-refractivity contribution is -0.139. The minimum Gasteiger partial charge on any atom is -0.493 e. The van der Waals surface area contributed by atoms with Gasteiger partial charge in [0.15, 0.2) is 27.8 Å². The highest BCUT2D eigenvalue weighted by Crippen LogP contribution is 2.41. The van der Waals surface area contributed by atoms with Crippen LogP contribution in [0, 0.1) is 0 Å². The highest BCUT2D eigenvalue weighted by atomic mass is 79.9. The molecule has 1 atom stereocenters. The molecule has 2 heterocycles. The molecule has 1 aliphatic rings. The molecule has 0 radical (unpaired) electrons. The second kappa shape index (κ2) is 12.5. The van der Waals surface area contributed by atoms with Crippen LogP contribution in [0.1, 0.15) is 37.9 Å². The Labute approximate surface area is 248 Å². The molecule has 9 nitrogen and oxygen atoms in total. The molecular weight excluding hydrogens is 624 g/mol. The zero-order chi connectivity index (χ0) is 29.1. The normalized spacial score (nSPS) is 14.9. The number of hydrogen-bond acceptors (Lipinski definition) is 9. The number of fused-ring (bicyclic) bond motifs is 1. The van der Waals surface area contributed by atoms with E-state index in [1.54, 1.807) is 44.2 Å². The number of aromatic nitrogens is 1. The van der Waals surface area contributed by atoms with Crippen molar-refractivity contribution in [2.24, 2.45) is 4.99 Å². The Bertz CT molecular complexity index is 1680. The van der Waals surface area contributed by atoms with Gasteiger partial charge >= 0.3 is 5.97 Å². The summed E-state index contributed by atoms with van der Waals surface area (Å²) in [6.45, 7) is 5.92. The van der Waals surface area contributed by atoms with Crippen molar-refractivity contribution in [2.75, 3.05) is 34.5 Å². The van der Waals surface area contributed by atoms with Gasteiger partial charge in [0.2, 0.25) is 0 Å². The average Bonchev–Trinajstić information content (AvgIpc) is 3.22. The number of carbonyl (C=O) groups is 1. The van der Waals surface area contributed by atoms with Gasteiger partial charge in [-0.3, -0.25) is 9.36 Å².